The molecular formula is C20H25ClN2O3. The second-order valence-electron chi connectivity index (χ2n) is 7.95. The van der Waals surface area contributed by atoms with Gasteiger partial charge in [-0.25, -0.2) is 0 Å². The number of carbonyl (C=O) groups is 2. The number of carbonyl (C=O) groups excluding carboxylic acids is 1. The number of halogens is 1. The average molecular weight is 377 g/mol. The lowest BCUT2D eigenvalue weighted by Crippen LogP contribution is -2.52. The van der Waals surface area contributed by atoms with E-state index >= 15 is 0 Å². The van der Waals surface area contributed by atoms with Gasteiger partial charge in [0.1, 0.15) is 0 Å². The summed E-state index contributed by atoms with van der Waals surface area (Å²) < 4.78 is 0. The summed E-state index contributed by atoms with van der Waals surface area (Å²) in [6.07, 6.45) is 2.91. The third-order valence-electron chi connectivity index (χ3n) is 6.49. The molecule has 140 valence electrons. The Balaban J connectivity index is 1.35. The number of piperazine rings is 1. The van der Waals surface area contributed by atoms with Gasteiger partial charge in [0, 0.05) is 37.7 Å². The number of carboxylic acids is 1. The fourth-order valence-electron chi connectivity index (χ4n) is 5.19. The largest absolute Gasteiger partial charge is 0.481 e. The van der Waals surface area contributed by atoms with Gasteiger partial charge in [0.15, 0.2) is 0 Å². The van der Waals surface area contributed by atoms with Crippen LogP contribution < -0.4 is 0 Å². The maximum absolute atomic E-state index is 13.0. The van der Waals surface area contributed by atoms with Crippen LogP contribution in [-0.4, -0.2) is 53.0 Å². The fourth-order valence-corrected chi connectivity index (χ4v) is 5.31. The van der Waals surface area contributed by atoms with Gasteiger partial charge in [-0.15, -0.1) is 0 Å². The monoisotopic (exact) mass is 376 g/mol. The summed E-state index contributed by atoms with van der Waals surface area (Å²) in [5, 5.41) is 10.3. The predicted octanol–water partition coefficient (Wildman–Crippen LogP) is 2.73. The number of fused-ring (bicyclic) bond motifs is 2. The number of aliphatic carboxylic acids is 1. The second kappa shape index (κ2) is 7.20. The highest BCUT2D eigenvalue weighted by atomic mass is 35.5. The summed E-state index contributed by atoms with van der Waals surface area (Å²) in [6, 6.07) is 7.87. The van der Waals surface area contributed by atoms with Gasteiger partial charge in [-0.05, 0) is 48.8 Å². The fraction of sp³-hybridized carbons (Fsp3) is 0.600. The number of rotatable bonds is 4. The summed E-state index contributed by atoms with van der Waals surface area (Å²) in [5.74, 6) is -0.978. The molecule has 1 aliphatic heterocycles. The number of benzene rings is 1. The Bertz CT molecular complexity index is 685. The molecule has 4 rings (SSSR count). The first-order valence-electron chi connectivity index (χ1n) is 9.51. The van der Waals surface area contributed by atoms with E-state index in [0.29, 0.717) is 13.1 Å². The summed E-state index contributed by atoms with van der Waals surface area (Å²) in [7, 11) is 0. The molecule has 26 heavy (non-hydrogen) atoms. The molecule has 2 saturated carbocycles. The Morgan fingerprint density at radius 3 is 2.23 bits per heavy atom. The minimum Gasteiger partial charge on any atom is -0.481 e. The van der Waals surface area contributed by atoms with Crippen LogP contribution in [0.15, 0.2) is 24.3 Å². The van der Waals surface area contributed by atoms with Crippen molar-refractivity contribution >= 4 is 23.5 Å². The van der Waals surface area contributed by atoms with Crippen molar-refractivity contribution in [1.29, 1.82) is 0 Å². The van der Waals surface area contributed by atoms with Gasteiger partial charge in [0.25, 0.3) is 0 Å². The Hall–Kier alpha value is -1.59. The topological polar surface area (TPSA) is 60.9 Å². The van der Waals surface area contributed by atoms with E-state index in [0.717, 1.165) is 43.9 Å². The van der Waals surface area contributed by atoms with Crippen molar-refractivity contribution in [2.24, 2.45) is 23.7 Å². The predicted molar refractivity (Wildman–Crippen MR) is 98.8 cm³/mol. The van der Waals surface area contributed by atoms with E-state index in [-0.39, 0.29) is 23.7 Å². The normalized spacial score (nSPS) is 31.3. The van der Waals surface area contributed by atoms with Gasteiger partial charge < -0.3 is 10.0 Å². The highest BCUT2D eigenvalue weighted by Crippen LogP contribution is 2.53. The van der Waals surface area contributed by atoms with E-state index in [2.05, 4.69) is 4.90 Å². The van der Waals surface area contributed by atoms with Crippen LogP contribution in [0.2, 0.25) is 5.02 Å². The lowest BCUT2D eigenvalue weighted by molar-refractivity contribution is -0.153. The lowest BCUT2D eigenvalue weighted by atomic mass is 9.78. The third-order valence-corrected chi connectivity index (χ3v) is 6.74. The first kappa shape index (κ1) is 17.8. The molecule has 0 unspecified atom stereocenters. The SMILES string of the molecule is O=C(O)[C@H]1[C@H]2CC[C@@H](C2)[C@H]1C(=O)N1CCN(Cc2ccc(Cl)cc2)CC1. The maximum Gasteiger partial charge on any atom is 0.307 e. The van der Waals surface area contributed by atoms with E-state index in [1.807, 2.05) is 29.2 Å². The van der Waals surface area contributed by atoms with Crippen LogP contribution in [0.5, 0.6) is 0 Å². The highest BCUT2D eigenvalue weighted by Gasteiger charge is 2.54. The van der Waals surface area contributed by atoms with Crippen molar-refractivity contribution in [3.8, 4) is 0 Å². The standard InChI is InChI=1S/C20H25ClN2O3/c21-16-5-1-13(2-6-16)12-22-7-9-23(10-8-22)19(24)17-14-3-4-15(11-14)18(17)20(25)26/h1-2,5-6,14-15,17-18H,3-4,7-12H2,(H,25,26)/t14-,15-,17+,18-/m0/s1. The molecule has 1 amide bonds. The molecule has 6 heteroatoms. The third kappa shape index (κ3) is 3.35. The first-order chi connectivity index (χ1) is 12.5. The second-order valence-corrected chi connectivity index (χ2v) is 8.39. The van der Waals surface area contributed by atoms with Crippen LogP contribution in [0.4, 0.5) is 0 Å². The van der Waals surface area contributed by atoms with Crippen LogP contribution >= 0.6 is 11.6 Å². The van der Waals surface area contributed by atoms with Crippen LogP contribution in [0.1, 0.15) is 24.8 Å². The molecule has 3 fully saturated rings. The summed E-state index contributed by atoms with van der Waals surface area (Å²) in [6.45, 7) is 3.88. The van der Waals surface area contributed by atoms with E-state index in [4.69, 9.17) is 11.6 Å². The number of carboxylic acid groups (broad SMARTS) is 1. The zero-order valence-corrected chi connectivity index (χ0v) is 15.6. The number of amides is 1. The van der Waals surface area contributed by atoms with Gasteiger partial charge in [-0.2, -0.15) is 0 Å². The van der Waals surface area contributed by atoms with Crippen LogP contribution in [0, 0.1) is 23.7 Å². The van der Waals surface area contributed by atoms with Gasteiger partial charge in [-0.1, -0.05) is 23.7 Å². The molecule has 2 bridgehead atoms. The van der Waals surface area contributed by atoms with Crippen molar-refractivity contribution in [2.75, 3.05) is 26.2 Å². The Labute approximate surface area is 158 Å². The van der Waals surface area contributed by atoms with Gasteiger partial charge in [-0.3, -0.25) is 14.5 Å². The Morgan fingerprint density at radius 2 is 1.62 bits per heavy atom. The van der Waals surface area contributed by atoms with E-state index in [1.165, 1.54) is 5.56 Å². The summed E-state index contributed by atoms with van der Waals surface area (Å²) >= 11 is 5.93. The average Bonchev–Trinajstić information content (AvgIpc) is 3.25. The van der Waals surface area contributed by atoms with Crippen molar-refractivity contribution in [1.82, 2.24) is 9.80 Å². The molecule has 5 nitrogen and oxygen atoms in total. The molecule has 0 spiro atoms. The molecule has 1 heterocycles. The van der Waals surface area contributed by atoms with E-state index in [9.17, 15) is 14.7 Å². The molecule has 1 saturated heterocycles. The minimum atomic E-state index is -0.781. The smallest absolute Gasteiger partial charge is 0.307 e. The maximum atomic E-state index is 13.0. The molecule has 0 aromatic heterocycles. The first-order valence-corrected chi connectivity index (χ1v) is 9.89. The zero-order valence-electron chi connectivity index (χ0n) is 14.8. The van der Waals surface area contributed by atoms with Gasteiger partial charge >= 0.3 is 5.97 Å². The minimum absolute atomic E-state index is 0.0794. The van der Waals surface area contributed by atoms with Gasteiger partial charge in [0.2, 0.25) is 5.91 Å². The molecule has 1 aromatic rings. The van der Waals surface area contributed by atoms with Gasteiger partial charge in [0.05, 0.1) is 11.8 Å². The number of nitrogens with zero attached hydrogens (tertiary/aromatic N) is 2. The van der Waals surface area contributed by atoms with Crippen molar-refractivity contribution in [2.45, 2.75) is 25.8 Å². The Kier molecular flexibility index (Phi) is 4.93. The summed E-state index contributed by atoms with van der Waals surface area (Å²) in [5.41, 5.74) is 1.22. The summed E-state index contributed by atoms with van der Waals surface area (Å²) in [4.78, 5) is 29.0. The molecule has 4 atom stereocenters. The Morgan fingerprint density at radius 1 is 1.00 bits per heavy atom. The van der Waals surface area contributed by atoms with Crippen molar-refractivity contribution < 1.29 is 14.7 Å². The van der Waals surface area contributed by atoms with Crippen molar-refractivity contribution in [3.63, 3.8) is 0 Å². The molecular weight excluding hydrogens is 352 g/mol. The highest BCUT2D eigenvalue weighted by molar-refractivity contribution is 6.30. The lowest BCUT2D eigenvalue weighted by Gasteiger charge is -2.38. The van der Waals surface area contributed by atoms with E-state index < -0.39 is 11.9 Å². The molecule has 0 radical (unpaired) electrons. The van der Waals surface area contributed by atoms with Crippen LogP contribution in [0.25, 0.3) is 0 Å². The molecule has 1 N–H and O–H groups in total. The number of hydrogen-bond donors (Lipinski definition) is 1. The van der Waals surface area contributed by atoms with E-state index in [1.54, 1.807) is 0 Å². The molecule has 2 aliphatic carbocycles. The quantitative estimate of drug-likeness (QED) is 0.877. The zero-order chi connectivity index (χ0) is 18.3. The number of hydrogen-bond acceptors (Lipinski definition) is 3. The molecule has 3 aliphatic rings. The molecule has 1 aromatic carbocycles. The van der Waals surface area contributed by atoms with Crippen LogP contribution in [0.3, 0.4) is 0 Å². The van der Waals surface area contributed by atoms with Crippen molar-refractivity contribution in [3.05, 3.63) is 34.9 Å². The van der Waals surface area contributed by atoms with Crippen LogP contribution in [-0.2, 0) is 16.1 Å².